The highest BCUT2D eigenvalue weighted by Gasteiger charge is 2.24. The third-order valence-electron chi connectivity index (χ3n) is 2.65. The summed E-state index contributed by atoms with van der Waals surface area (Å²) in [4.78, 5) is 22.9. The molecule has 0 bridgehead atoms. The van der Waals surface area contributed by atoms with Crippen molar-refractivity contribution >= 4 is 28.0 Å². The minimum absolute atomic E-state index is 0.260. The summed E-state index contributed by atoms with van der Waals surface area (Å²) in [5.74, 6) is -0.397. The van der Waals surface area contributed by atoms with Crippen molar-refractivity contribution in [2.45, 2.75) is 38.8 Å². The summed E-state index contributed by atoms with van der Waals surface area (Å²) in [7, 11) is 1.54. The maximum Gasteiger partial charge on any atom is 0.408 e. The van der Waals surface area contributed by atoms with E-state index in [0.29, 0.717) is 15.8 Å². The lowest BCUT2D eigenvalue weighted by Crippen LogP contribution is -2.36. The van der Waals surface area contributed by atoms with Crippen LogP contribution in [0.5, 0.6) is 5.75 Å². The second-order valence-corrected chi connectivity index (χ2v) is 6.54. The van der Waals surface area contributed by atoms with Gasteiger partial charge in [-0.2, -0.15) is 0 Å². The van der Waals surface area contributed by atoms with Crippen molar-refractivity contribution in [3.05, 3.63) is 28.2 Å². The van der Waals surface area contributed by atoms with Crippen LogP contribution < -0.4 is 10.1 Å². The normalized spacial score (nSPS) is 12.4. The topological polar surface area (TPSA) is 84.9 Å². The second-order valence-electron chi connectivity index (χ2n) is 5.68. The Kier molecular flexibility index (Phi) is 6.22. The van der Waals surface area contributed by atoms with E-state index in [1.807, 2.05) is 0 Å². The highest BCUT2D eigenvalue weighted by atomic mass is 79.9. The number of aliphatic carboxylic acids is 1. The number of halogens is 1. The average molecular weight is 374 g/mol. The first-order chi connectivity index (χ1) is 10.1. The Balaban J connectivity index is 2.98. The van der Waals surface area contributed by atoms with Crippen molar-refractivity contribution in [1.82, 2.24) is 5.32 Å². The Morgan fingerprint density at radius 2 is 2.00 bits per heavy atom. The summed E-state index contributed by atoms with van der Waals surface area (Å²) in [5, 5.41) is 11.6. The summed E-state index contributed by atoms with van der Waals surface area (Å²) < 4.78 is 10.9. The molecular weight excluding hydrogens is 354 g/mol. The number of hydrogen-bond acceptors (Lipinski definition) is 4. The lowest BCUT2D eigenvalue weighted by atomic mass is 10.0. The zero-order chi connectivity index (χ0) is 16.9. The monoisotopic (exact) mass is 373 g/mol. The van der Waals surface area contributed by atoms with E-state index in [9.17, 15) is 9.59 Å². The Labute approximate surface area is 137 Å². The molecule has 0 heterocycles. The minimum atomic E-state index is -1.02. The molecule has 0 aliphatic carbocycles. The predicted molar refractivity (Wildman–Crippen MR) is 85.1 cm³/mol. The molecule has 0 saturated heterocycles. The first-order valence-electron chi connectivity index (χ1n) is 6.67. The molecule has 0 radical (unpaired) electrons. The van der Waals surface area contributed by atoms with Crippen molar-refractivity contribution in [3.8, 4) is 5.75 Å². The molecule has 0 aliphatic heterocycles. The Bertz CT molecular complexity index is 553. The van der Waals surface area contributed by atoms with Crippen molar-refractivity contribution in [3.63, 3.8) is 0 Å². The van der Waals surface area contributed by atoms with E-state index in [1.165, 1.54) is 7.11 Å². The number of ether oxygens (including phenoxy) is 2. The SMILES string of the molecule is COc1ccc([C@@H](CC(=O)O)NC(=O)OC(C)(C)C)c(Br)c1. The fourth-order valence-corrected chi connectivity index (χ4v) is 2.41. The van der Waals surface area contributed by atoms with E-state index in [-0.39, 0.29) is 6.42 Å². The molecule has 122 valence electrons. The van der Waals surface area contributed by atoms with Gasteiger partial charge >= 0.3 is 12.1 Å². The van der Waals surface area contributed by atoms with Crippen LogP contribution in [0.3, 0.4) is 0 Å². The molecule has 6 nitrogen and oxygen atoms in total. The van der Waals surface area contributed by atoms with Crippen LogP contribution in [0.4, 0.5) is 4.79 Å². The highest BCUT2D eigenvalue weighted by molar-refractivity contribution is 9.10. The van der Waals surface area contributed by atoms with E-state index in [4.69, 9.17) is 14.6 Å². The Hall–Kier alpha value is -1.76. The number of methoxy groups -OCH3 is 1. The number of carbonyl (C=O) groups is 2. The van der Waals surface area contributed by atoms with Gasteiger partial charge in [-0.15, -0.1) is 0 Å². The van der Waals surface area contributed by atoms with Gasteiger partial charge in [-0.05, 0) is 38.5 Å². The lowest BCUT2D eigenvalue weighted by molar-refractivity contribution is -0.137. The Morgan fingerprint density at radius 3 is 2.45 bits per heavy atom. The summed E-state index contributed by atoms with van der Waals surface area (Å²) >= 11 is 3.36. The van der Waals surface area contributed by atoms with Gasteiger partial charge in [0.2, 0.25) is 0 Å². The number of alkyl carbamates (subject to hydrolysis) is 1. The molecule has 1 rings (SSSR count). The number of amides is 1. The fourth-order valence-electron chi connectivity index (χ4n) is 1.78. The van der Waals surface area contributed by atoms with Gasteiger partial charge in [-0.3, -0.25) is 4.79 Å². The van der Waals surface area contributed by atoms with Gasteiger partial charge in [0.1, 0.15) is 11.4 Å². The van der Waals surface area contributed by atoms with Crippen LogP contribution in [0.2, 0.25) is 0 Å². The molecule has 1 amide bonds. The number of carboxylic acid groups (broad SMARTS) is 1. The molecule has 0 spiro atoms. The standard InChI is InChI=1S/C15H20BrNO5/c1-15(2,3)22-14(20)17-12(8-13(18)19)10-6-5-9(21-4)7-11(10)16/h5-7,12H,8H2,1-4H3,(H,17,20)(H,18,19)/t12-/m1/s1. The van der Waals surface area contributed by atoms with Gasteiger partial charge in [0.05, 0.1) is 19.6 Å². The van der Waals surface area contributed by atoms with Crippen molar-refractivity contribution < 1.29 is 24.2 Å². The van der Waals surface area contributed by atoms with Crippen LogP contribution in [-0.4, -0.2) is 29.9 Å². The van der Waals surface area contributed by atoms with Crippen LogP contribution in [-0.2, 0) is 9.53 Å². The first-order valence-corrected chi connectivity index (χ1v) is 7.46. The van der Waals surface area contributed by atoms with Crippen LogP contribution in [0.25, 0.3) is 0 Å². The summed E-state index contributed by atoms with van der Waals surface area (Å²) in [6, 6.07) is 4.40. The minimum Gasteiger partial charge on any atom is -0.497 e. The number of nitrogens with one attached hydrogen (secondary N) is 1. The third-order valence-corrected chi connectivity index (χ3v) is 3.34. The smallest absolute Gasteiger partial charge is 0.408 e. The van der Waals surface area contributed by atoms with Crippen LogP contribution in [0, 0.1) is 0 Å². The van der Waals surface area contributed by atoms with Gasteiger partial charge < -0.3 is 19.9 Å². The van der Waals surface area contributed by atoms with Crippen LogP contribution in [0.1, 0.15) is 38.8 Å². The molecule has 2 N–H and O–H groups in total. The second kappa shape index (κ2) is 7.49. The largest absolute Gasteiger partial charge is 0.497 e. The molecule has 0 aliphatic rings. The summed E-state index contributed by atoms with van der Waals surface area (Å²) in [6.07, 6.45) is -0.925. The summed E-state index contributed by atoms with van der Waals surface area (Å²) in [6.45, 7) is 5.21. The molecule has 0 unspecified atom stereocenters. The molecule has 0 fully saturated rings. The zero-order valence-electron chi connectivity index (χ0n) is 13.0. The van der Waals surface area contributed by atoms with Gasteiger partial charge in [0, 0.05) is 4.47 Å². The van der Waals surface area contributed by atoms with E-state index < -0.39 is 23.7 Å². The molecular formula is C15H20BrNO5. The third kappa shape index (κ3) is 5.93. The summed E-state index contributed by atoms with van der Waals surface area (Å²) in [5.41, 5.74) is -0.0244. The van der Waals surface area contributed by atoms with Crippen molar-refractivity contribution in [1.29, 1.82) is 0 Å². The van der Waals surface area contributed by atoms with Gasteiger partial charge in [-0.25, -0.2) is 4.79 Å². The number of hydrogen-bond donors (Lipinski definition) is 2. The predicted octanol–water partition coefficient (Wildman–Crippen LogP) is 3.50. The Morgan fingerprint density at radius 1 is 1.36 bits per heavy atom. The quantitative estimate of drug-likeness (QED) is 0.824. The van der Waals surface area contributed by atoms with Crippen molar-refractivity contribution in [2.75, 3.05) is 7.11 Å². The zero-order valence-corrected chi connectivity index (χ0v) is 14.6. The van der Waals surface area contributed by atoms with Gasteiger partial charge in [0.15, 0.2) is 0 Å². The lowest BCUT2D eigenvalue weighted by Gasteiger charge is -2.24. The maximum absolute atomic E-state index is 11.9. The first kappa shape index (κ1) is 18.3. The van der Waals surface area contributed by atoms with E-state index >= 15 is 0 Å². The van der Waals surface area contributed by atoms with E-state index in [1.54, 1.807) is 39.0 Å². The average Bonchev–Trinajstić information content (AvgIpc) is 2.34. The van der Waals surface area contributed by atoms with E-state index in [0.717, 1.165) is 0 Å². The molecule has 0 saturated carbocycles. The molecule has 7 heteroatoms. The number of benzene rings is 1. The molecule has 1 aromatic carbocycles. The van der Waals surface area contributed by atoms with Crippen LogP contribution in [0.15, 0.2) is 22.7 Å². The number of carboxylic acids is 1. The van der Waals surface area contributed by atoms with Gasteiger partial charge in [-0.1, -0.05) is 22.0 Å². The molecule has 22 heavy (non-hydrogen) atoms. The molecule has 0 aromatic heterocycles. The highest BCUT2D eigenvalue weighted by Crippen LogP contribution is 2.29. The van der Waals surface area contributed by atoms with E-state index in [2.05, 4.69) is 21.2 Å². The number of rotatable bonds is 5. The van der Waals surface area contributed by atoms with Crippen molar-refractivity contribution in [2.24, 2.45) is 0 Å². The number of carbonyl (C=O) groups excluding carboxylic acids is 1. The fraction of sp³-hybridized carbons (Fsp3) is 0.467. The van der Waals surface area contributed by atoms with Crippen LogP contribution >= 0.6 is 15.9 Å². The molecule has 1 aromatic rings. The maximum atomic E-state index is 11.9. The van der Waals surface area contributed by atoms with Gasteiger partial charge in [0.25, 0.3) is 0 Å². The molecule has 1 atom stereocenters.